The van der Waals surface area contributed by atoms with Gasteiger partial charge in [0.1, 0.15) is 73.2 Å². The molecule has 19 heteroatoms. The highest BCUT2D eigenvalue weighted by atomic mass is 16.8. The van der Waals surface area contributed by atoms with Crippen molar-refractivity contribution < 1.29 is 89.4 Å². The van der Waals surface area contributed by atoms with E-state index in [1.807, 2.05) is 6.08 Å². The van der Waals surface area contributed by atoms with Crippen LogP contribution in [0.25, 0.3) is 0 Å². The Labute approximate surface area is 484 Å². The molecule has 0 saturated carbocycles. The first kappa shape index (κ1) is 72.7. The molecule has 0 bridgehead atoms. The van der Waals surface area contributed by atoms with Crippen molar-refractivity contribution in [1.29, 1.82) is 0 Å². The fourth-order valence-corrected chi connectivity index (χ4v) is 10.2. The Morgan fingerprint density at radius 1 is 0.457 bits per heavy atom. The average molecular weight is 1160 g/mol. The van der Waals surface area contributed by atoms with Gasteiger partial charge in [0.2, 0.25) is 5.91 Å². The van der Waals surface area contributed by atoms with E-state index in [4.69, 9.17) is 28.4 Å². The minimum Gasteiger partial charge on any atom is -0.394 e. The molecule has 0 aromatic carbocycles. The Morgan fingerprint density at radius 3 is 1.33 bits per heavy atom. The van der Waals surface area contributed by atoms with Gasteiger partial charge in [-0.2, -0.15) is 0 Å². The van der Waals surface area contributed by atoms with Gasteiger partial charge in [-0.1, -0.05) is 190 Å². The maximum atomic E-state index is 13.3. The molecular formula is C62H109NO18. The number of nitrogens with one attached hydrogen (secondary N) is 1. The summed E-state index contributed by atoms with van der Waals surface area (Å²) in [5.41, 5.74) is 0. The van der Waals surface area contributed by atoms with E-state index < -0.39 is 124 Å². The summed E-state index contributed by atoms with van der Waals surface area (Å²) in [5, 5.41) is 120. The van der Waals surface area contributed by atoms with Gasteiger partial charge in [0, 0.05) is 6.42 Å². The third-order valence-corrected chi connectivity index (χ3v) is 15.3. The molecule has 17 unspecified atom stereocenters. The van der Waals surface area contributed by atoms with Gasteiger partial charge in [0.05, 0.1) is 38.6 Å². The molecule has 0 aromatic rings. The molecule has 12 N–H and O–H groups in total. The number of aliphatic hydroxyl groups excluding tert-OH is 11. The number of ether oxygens (including phenoxy) is 6. The van der Waals surface area contributed by atoms with Crippen LogP contribution in [-0.2, 0) is 33.2 Å². The maximum absolute atomic E-state index is 13.3. The predicted molar refractivity (Wildman–Crippen MR) is 309 cm³/mol. The molecule has 17 atom stereocenters. The summed E-state index contributed by atoms with van der Waals surface area (Å²) in [5.74, 6) is -0.301. The summed E-state index contributed by atoms with van der Waals surface area (Å²) in [7, 11) is 0. The zero-order valence-corrected chi connectivity index (χ0v) is 49.0. The van der Waals surface area contributed by atoms with Crippen LogP contribution in [0.5, 0.6) is 0 Å². The smallest absolute Gasteiger partial charge is 0.220 e. The van der Waals surface area contributed by atoms with E-state index in [0.29, 0.717) is 6.42 Å². The average Bonchev–Trinajstić information content (AvgIpc) is 3.47. The van der Waals surface area contributed by atoms with Gasteiger partial charge >= 0.3 is 0 Å². The van der Waals surface area contributed by atoms with Crippen LogP contribution in [0.1, 0.15) is 194 Å². The Bertz CT molecular complexity index is 1710. The molecule has 3 heterocycles. The molecule has 19 nitrogen and oxygen atoms in total. The fourth-order valence-electron chi connectivity index (χ4n) is 10.2. The van der Waals surface area contributed by atoms with E-state index >= 15 is 0 Å². The van der Waals surface area contributed by atoms with Crippen LogP contribution >= 0.6 is 0 Å². The van der Waals surface area contributed by atoms with Gasteiger partial charge in [-0.15, -0.1) is 0 Å². The summed E-state index contributed by atoms with van der Waals surface area (Å²) < 4.78 is 34.2. The molecule has 0 aliphatic carbocycles. The summed E-state index contributed by atoms with van der Waals surface area (Å²) in [6.45, 7) is 1.59. The molecule has 0 spiro atoms. The first-order valence-electron chi connectivity index (χ1n) is 31.0. The Hall–Kier alpha value is -2.51. The number of hydrogen-bond donors (Lipinski definition) is 12. The number of carbonyl (C=O) groups is 1. The van der Waals surface area contributed by atoms with Crippen molar-refractivity contribution in [3.05, 3.63) is 60.8 Å². The van der Waals surface area contributed by atoms with E-state index in [9.17, 15) is 61.0 Å². The monoisotopic (exact) mass is 1160 g/mol. The van der Waals surface area contributed by atoms with Crippen LogP contribution in [0.15, 0.2) is 60.8 Å². The lowest BCUT2D eigenvalue weighted by atomic mass is 9.96. The number of aliphatic hydroxyl groups is 11. The van der Waals surface area contributed by atoms with Crippen LogP contribution in [-0.4, -0.2) is 193 Å². The number of hydrogen-bond acceptors (Lipinski definition) is 18. The third-order valence-electron chi connectivity index (χ3n) is 15.3. The predicted octanol–water partition coefficient (Wildman–Crippen LogP) is 6.04. The standard InChI is InChI=1S/C62H109NO18/c1-3-5-7-9-11-13-15-17-19-21-22-24-25-27-29-31-33-35-37-39-46(67)45(63-50(68)40-38-36-34-32-30-28-26-23-20-18-16-14-12-10-8-6-4-2)44-76-60-56(74)53(71)58(48(42-65)78-60)81-62-57(75)54(72)59(49(43-66)79-62)80-61-55(73)52(70)51(69)47(41-64)77-61/h6,8,12,14,18,20,26,28,37,39,45-49,51-62,64-67,69-75H,3-5,7,9-11,13,15-17,19,21-25,27,29-36,38,40-44H2,1-2H3,(H,63,68)/b8-6-,14-12-,20-18-,28-26-,39-37+. The lowest BCUT2D eigenvalue weighted by Gasteiger charge is -2.48. The van der Waals surface area contributed by atoms with Gasteiger partial charge in [0.25, 0.3) is 0 Å². The van der Waals surface area contributed by atoms with E-state index in [2.05, 4.69) is 67.8 Å². The molecule has 3 fully saturated rings. The van der Waals surface area contributed by atoms with Crippen LogP contribution in [0, 0.1) is 0 Å². The van der Waals surface area contributed by atoms with Crippen molar-refractivity contribution in [2.75, 3.05) is 26.4 Å². The topological polar surface area (TPSA) is 307 Å². The minimum absolute atomic E-state index is 0.213. The van der Waals surface area contributed by atoms with Gasteiger partial charge in [0.15, 0.2) is 18.9 Å². The van der Waals surface area contributed by atoms with Crippen LogP contribution in [0.3, 0.4) is 0 Å². The first-order chi connectivity index (χ1) is 39.3. The van der Waals surface area contributed by atoms with E-state index in [1.165, 1.54) is 89.9 Å². The normalized spacial score (nSPS) is 30.2. The Morgan fingerprint density at radius 2 is 0.852 bits per heavy atom. The maximum Gasteiger partial charge on any atom is 0.220 e. The second-order valence-corrected chi connectivity index (χ2v) is 22.1. The van der Waals surface area contributed by atoms with Crippen molar-refractivity contribution in [2.24, 2.45) is 0 Å². The Kier molecular flexibility index (Phi) is 40.3. The third kappa shape index (κ3) is 28.5. The second kappa shape index (κ2) is 44.9. The van der Waals surface area contributed by atoms with Crippen molar-refractivity contribution in [2.45, 2.75) is 298 Å². The number of amides is 1. The fraction of sp³-hybridized carbons (Fsp3) is 0.823. The lowest BCUT2D eigenvalue weighted by Crippen LogP contribution is -2.66. The van der Waals surface area contributed by atoms with Crippen molar-refractivity contribution in [3.8, 4) is 0 Å². The molecule has 1 amide bonds. The quantitative estimate of drug-likeness (QED) is 0.0244. The zero-order valence-electron chi connectivity index (χ0n) is 49.0. The second-order valence-electron chi connectivity index (χ2n) is 22.1. The molecule has 0 radical (unpaired) electrons. The number of unbranched alkanes of at least 4 members (excludes halogenated alkanes) is 21. The first-order valence-corrected chi connectivity index (χ1v) is 31.0. The van der Waals surface area contributed by atoms with E-state index in [0.717, 1.165) is 77.0 Å². The number of carbonyl (C=O) groups excluding carboxylic acids is 1. The SMILES string of the molecule is CC/C=C\C/C=C\C/C=C\C/C=C\CCCCCCC(=O)NC(COC1OC(CO)C(OC2OC(CO)C(OC3OC(CO)C(O)C(O)C3O)C(O)C2O)C(O)C1O)C(O)/C=C/CCCCCCCCCCCCCCCCCCC. The van der Waals surface area contributed by atoms with Gasteiger partial charge in [-0.05, 0) is 57.8 Å². The Balaban J connectivity index is 1.51. The molecule has 470 valence electrons. The summed E-state index contributed by atoms with van der Waals surface area (Å²) >= 11 is 0. The van der Waals surface area contributed by atoms with Gasteiger partial charge in [-0.3, -0.25) is 4.79 Å². The molecule has 0 aromatic heterocycles. The van der Waals surface area contributed by atoms with Crippen molar-refractivity contribution in [1.82, 2.24) is 5.32 Å². The molecule has 81 heavy (non-hydrogen) atoms. The molecule has 3 saturated heterocycles. The lowest BCUT2D eigenvalue weighted by molar-refractivity contribution is -0.379. The highest BCUT2D eigenvalue weighted by Gasteiger charge is 2.53. The van der Waals surface area contributed by atoms with Crippen LogP contribution in [0.2, 0.25) is 0 Å². The van der Waals surface area contributed by atoms with Gasteiger partial charge < -0.3 is 89.9 Å². The summed E-state index contributed by atoms with van der Waals surface area (Å²) in [6, 6.07) is -0.988. The van der Waals surface area contributed by atoms with Crippen LogP contribution in [0.4, 0.5) is 0 Å². The van der Waals surface area contributed by atoms with E-state index in [-0.39, 0.29) is 18.9 Å². The largest absolute Gasteiger partial charge is 0.394 e. The summed E-state index contributed by atoms with van der Waals surface area (Å²) in [6.07, 6.45) is 24.8. The molecule has 3 rings (SSSR count). The summed E-state index contributed by atoms with van der Waals surface area (Å²) in [4.78, 5) is 13.3. The number of allylic oxidation sites excluding steroid dienone is 9. The van der Waals surface area contributed by atoms with Crippen molar-refractivity contribution >= 4 is 5.91 Å². The molecular weight excluding hydrogens is 1050 g/mol. The number of rotatable bonds is 45. The molecule has 3 aliphatic rings. The minimum atomic E-state index is -1.98. The van der Waals surface area contributed by atoms with Crippen LogP contribution < -0.4 is 5.32 Å². The van der Waals surface area contributed by atoms with E-state index in [1.54, 1.807) is 6.08 Å². The molecule has 3 aliphatic heterocycles. The highest BCUT2D eigenvalue weighted by molar-refractivity contribution is 5.76. The van der Waals surface area contributed by atoms with Crippen molar-refractivity contribution in [3.63, 3.8) is 0 Å². The van der Waals surface area contributed by atoms with Gasteiger partial charge in [-0.25, -0.2) is 0 Å². The zero-order chi connectivity index (χ0) is 59.0. The highest BCUT2D eigenvalue weighted by Crippen LogP contribution is 2.33.